The maximum atomic E-state index is 8.84. The zero-order valence-corrected chi connectivity index (χ0v) is 11.0. The molecule has 0 aliphatic heterocycles. The third-order valence-corrected chi connectivity index (χ3v) is 3.51. The third-order valence-electron chi connectivity index (χ3n) is 3.51. The standard InChI is InChI=1S/C16H17N3/c1-16(12-18,10-13-6-8-19-9-7-13)15-4-2-14(11-17)3-5-15/h2-9H,10,12,18H2,1H3. The molecule has 3 heteroatoms. The van der Waals surface area contributed by atoms with E-state index in [-0.39, 0.29) is 5.41 Å². The van der Waals surface area contributed by atoms with Crippen LogP contribution in [-0.4, -0.2) is 11.5 Å². The van der Waals surface area contributed by atoms with Crippen LogP contribution in [0.3, 0.4) is 0 Å². The van der Waals surface area contributed by atoms with Gasteiger partial charge in [0.15, 0.2) is 0 Å². The third kappa shape index (κ3) is 2.98. The van der Waals surface area contributed by atoms with E-state index in [0.717, 1.165) is 12.0 Å². The number of aromatic nitrogens is 1. The highest BCUT2D eigenvalue weighted by Crippen LogP contribution is 2.27. The zero-order valence-electron chi connectivity index (χ0n) is 11.0. The van der Waals surface area contributed by atoms with E-state index >= 15 is 0 Å². The first-order valence-corrected chi connectivity index (χ1v) is 6.27. The number of hydrogen-bond donors (Lipinski definition) is 1. The minimum atomic E-state index is -0.130. The van der Waals surface area contributed by atoms with Gasteiger partial charge >= 0.3 is 0 Å². The molecule has 0 saturated heterocycles. The van der Waals surface area contributed by atoms with Crippen LogP contribution in [0.25, 0.3) is 0 Å². The second-order valence-corrected chi connectivity index (χ2v) is 4.99. The van der Waals surface area contributed by atoms with Gasteiger partial charge in [0.05, 0.1) is 11.6 Å². The number of pyridine rings is 1. The molecule has 1 unspecified atom stereocenters. The van der Waals surface area contributed by atoms with Crippen LogP contribution in [-0.2, 0) is 11.8 Å². The predicted molar refractivity (Wildman–Crippen MR) is 75.5 cm³/mol. The first-order valence-electron chi connectivity index (χ1n) is 6.27. The molecule has 0 bridgehead atoms. The van der Waals surface area contributed by atoms with Crippen LogP contribution in [0.1, 0.15) is 23.6 Å². The van der Waals surface area contributed by atoms with E-state index in [2.05, 4.69) is 18.0 Å². The molecule has 0 aliphatic carbocycles. The second-order valence-electron chi connectivity index (χ2n) is 4.99. The van der Waals surface area contributed by atoms with Gasteiger partial charge in [0, 0.05) is 24.4 Å². The van der Waals surface area contributed by atoms with Gasteiger partial charge in [-0.05, 0) is 41.8 Å². The van der Waals surface area contributed by atoms with Gasteiger partial charge in [-0.25, -0.2) is 0 Å². The molecule has 0 spiro atoms. The number of benzene rings is 1. The first-order chi connectivity index (χ1) is 9.18. The average molecular weight is 251 g/mol. The normalized spacial score (nSPS) is 13.5. The van der Waals surface area contributed by atoms with Crippen LogP contribution < -0.4 is 5.73 Å². The Balaban J connectivity index is 2.28. The monoisotopic (exact) mass is 251 g/mol. The highest BCUT2D eigenvalue weighted by Gasteiger charge is 2.25. The number of rotatable bonds is 4. The number of nitriles is 1. The maximum absolute atomic E-state index is 8.84. The molecule has 1 atom stereocenters. The summed E-state index contributed by atoms with van der Waals surface area (Å²) in [5.74, 6) is 0. The zero-order chi connectivity index (χ0) is 13.7. The molecule has 0 aliphatic rings. The molecule has 0 saturated carbocycles. The average Bonchev–Trinajstić information content (AvgIpc) is 2.48. The van der Waals surface area contributed by atoms with Crippen molar-refractivity contribution in [2.24, 2.45) is 5.73 Å². The first kappa shape index (κ1) is 13.3. The lowest BCUT2D eigenvalue weighted by molar-refractivity contribution is 0.481. The van der Waals surface area contributed by atoms with Crippen molar-refractivity contribution >= 4 is 0 Å². The summed E-state index contributed by atoms with van der Waals surface area (Å²) in [6.07, 6.45) is 4.45. The van der Waals surface area contributed by atoms with E-state index in [1.165, 1.54) is 5.56 Å². The number of nitrogens with two attached hydrogens (primary N) is 1. The SMILES string of the molecule is CC(CN)(Cc1ccncc1)c1ccc(C#N)cc1. The fourth-order valence-corrected chi connectivity index (χ4v) is 2.19. The van der Waals surface area contributed by atoms with Crippen LogP contribution in [0, 0.1) is 11.3 Å². The molecule has 2 N–H and O–H groups in total. The van der Waals surface area contributed by atoms with Crippen molar-refractivity contribution in [3.8, 4) is 6.07 Å². The van der Waals surface area contributed by atoms with Gasteiger partial charge in [0.25, 0.3) is 0 Å². The topological polar surface area (TPSA) is 62.7 Å². The van der Waals surface area contributed by atoms with Crippen LogP contribution in [0.2, 0.25) is 0 Å². The van der Waals surface area contributed by atoms with Gasteiger partial charge in [0.1, 0.15) is 0 Å². The van der Waals surface area contributed by atoms with Crippen LogP contribution in [0.5, 0.6) is 0 Å². The Labute approximate surface area is 113 Å². The summed E-state index contributed by atoms with van der Waals surface area (Å²) in [5, 5.41) is 8.84. The minimum absolute atomic E-state index is 0.130. The highest BCUT2D eigenvalue weighted by molar-refractivity contribution is 5.36. The molecule has 0 radical (unpaired) electrons. The lowest BCUT2D eigenvalue weighted by Crippen LogP contribution is -2.34. The Morgan fingerprint density at radius 1 is 1.16 bits per heavy atom. The van der Waals surface area contributed by atoms with Crippen molar-refractivity contribution in [2.45, 2.75) is 18.8 Å². The largest absolute Gasteiger partial charge is 0.330 e. The van der Waals surface area contributed by atoms with Gasteiger partial charge < -0.3 is 5.73 Å². The number of hydrogen-bond acceptors (Lipinski definition) is 3. The van der Waals surface area contributed by atoms with Gasteiger partial charge in [-0.3, -0.25) is 4.98 Å². The predicted octanol–water partition coefficient (Wildman–Crippen LogP) is 2.41. The Morgan fingerprint density at radius 2 is 1.79 bits per heavy atom. The van der Waals surface area contributed by atoms with E-state index < -0.39 is 0 Å². The Kier molecular flexibility index (Phi) is 3.94. The molecule has 96 valence electrons. The molecule has 19 heavy (non-hydrogen) atoms. The van der Waals surface area contributed by atoms with E-state index in [1.807, 2.05) is 36.4 Å². The van der Waals surface area contributed by atoms with Crippen LogP contribution in [0.4, 0.5) is 0 Å². The Hall–Kier alpha value is -2.18. The fraction of sp³-hybridized carbons (Fsp3) is 0.250. The van der Waals surface area contributed by atoms with E-state index in [0.29, 0.717) is 12.1 Å². The molecule has 0 amide bonds. The summed E-state index contributed by atoms with van der Waals surface area (Å²) in [4.78, 5) is 4.03. The smallest absolute Gasteiger partial charge is 0.0991 e. The Morgan fingerprint density at radius 3 is 2.32 bits per heavy atom. The molecule has 1 heterocycles. The molecule has 1 aromatic heterocycles. The van der Waals surface area contributed by atoms with Gasteiger partial charge in [-0.15, -0.1) is 0 Å². The fourth-order valence-electron chi connectivity index (χ4n) is 2.19. The summed E-state index contributed by atoms with van der Waals surface area (Å²) in [6.45, 7) is 2.70. The van der Waals surface area contributed by atoms with Crippen molar-refractivity contribution < 1.29 is 0 Å². The summed E-state index contributed by atoms with van der Waals surface area (Å²) in [6, 6.07) is 13.8. The van der Waals surface area contributed by atoms with E-state index in [4.69, 9.17) is 11.0 Å². The van der Waals surface area contributed by atoms with E-state index in [1.54, 1.807) is 12.4 Å². The van der Waals surface area contributed by atoms with Crippen molar-refractivity contribution in [3.05, 3.63) is 65.5 Å². The molecular weight excluding hydrogens is 234 g/mol. The van der Waals surface area contributed by atoms with Crippen molar-refractivity contribution in [1.82, 2.24) is 4.98 Å². The number of nitrogens with zero attached hydrogens (tertiary/aromatic N) is 2. The Bertz CT molecular complexity index is 569. The molecule has 0 fully saturated rings. The van der Waals surface area contributed by atoms with Gasteiger partial charge in [-0.2, -0.15) is 5.26 Å². The van der Waals surface area contributed by atoms with Gasteiger partial charge in [-0.1, -0.05) is 19.1 Å². The summed E-state index contributed by atoms with van der Waals surface area (Å²) in [5.41, 5.74) is 8.89. The summed E-state index contributed by atoms with van der Waals surface area (Å²) < 4.78 is 0. The summed E-state index contributed by atoms with van der Waals surface area (Å²) >= 11 is 0. The molecule has 3 nitrogen and oxygen atoms in total. The van der Waals surface area contributed by atoms with Gasteiger partial charge in [0.2, 0.25) is 0 Å². The molecular formula is C16H17N3. The summed E-state index contributed by atoms with van der Waals surface area (Å²) in [7, 11) is 0. The highest BCUT2D eigenvalue weighted by atomic mass is 14.6. The van der Waals surface area contributed by atoms with Crippen LogP contribution in [0.15, 0.2) is 48.8 Å². The van der Waals surface area contributed by atoms with E-state index in [9.17, 15) is 0 Å². The van der Waals surface area contributed by atoms with Crippen molar-refractivity contribution in [2.75, 3.05) is 6.54 Å². The van der Waals surface area contributed by atoms with Crippen molar-refractivity contribution in [1.29, 1.82) is 5.26 Å². The quantitative estimate of drug-likeness (QED) is 0.907. The molecule has 2 aromatic rings. The second kappa shape index (κ2) is 5.64. The molecule has 1 aromatic carbocycles. The maximum Gasteiger partial charge on any atom is 0.0991 e. The lowest BCUT2D eigenvalue weighted by Gasteiger charge is -2.29. The molecule has 2 rings (SSSR count). The van der Waals surface area contributed by atoms with Crippen molar-refractivity contribution in [3.63, 3.8) is 0 Å². The van der Waals surface area contributed by atoms with Crippen LogP contribution >= 0.6 is 0 Å². The lowest BCUT2D eigenvalue weighted by atomic mass is 9.77. The minimum Gasteiger partial charge on any atom is -0.330 e.